The minimum atomic E-state index is -0.448. The molecule has 9 nitrogen and oxygen atoms in total. The molecule has 0 saturated carbocycles. The highest BCUT2D eigenvalue weighted by molar-refractivity contribution is 6.30. The summed E-state index contributed by atoms with van der Waals surface area (Å²) >= 11 is 6.05. The molecule has 164 valence electrons. The van der Waals surface area contributed by atoms with Crippen molar-refractivity contribution in [3.05, 3.63) is 94.0 Å². The van der Waals surface area contributed by atoms with Gasteiger partial charge >= 0.3 is 5.69 Å². The van der Waals surface area contributed by atoms with Gasteiger partial charge in [-0.3, -0.25) is 4.79 Å². The number of pyridine rings is 1. The molecular formula is C23H17ClN6O3. The van der Waals surface area contributed by atoms with Gasteiger partial charge in [0.15, 0.2) is 5.65 Å². The predicted molar refractivity (Wildman–Crippen MR) is 121 cm³/mol. The van der Waals surface area contributed by atoms with Gasteiger partial charge in [-0.1, -0.05) is 59.2 Å². The fourth-order valence-electron chi connectivity index (χ4n) is 3.37. The van der Waals surface area contributed by atoms with E-state index >= 15 is 0 Å². The van der Waals surface area contributed by atoms with Gasteiger partial charge in [0.2, 0.25) is 11.7 Å². The Morgan fingerprint density at radius 3 is 2.73 bits per heavy atom. The third-order valence-corrected chi connectivity index (χ3v) is 5.21. The van der Waals surface area contributed by atoms with E-state index in [4.69, 9.17) is 16.1 Å². The highest BCUT2D eigenvalue weighted by Crippen LogP contribution is 2.25. The number of halogens is 1. The van der Waals surface area contributed by atoms with Crippen molar-refractivity contribution in [1.29, 1.82) is 0 Å². The number of aromatic nitrogens is 5. The van der Waals surface area contributed by atoms with E-state index in [1.807, 2.05) is 36.4 Å². The van der Waals surface area contributed by atoms with Gasteiger partial charge < -0.3 is 9.84 Å². The first-order valence-electron chi connectivity index (χ1n) is 10.1. The molecule has 0 bridgehead atoms. The fraction of sp³-hybridized carbons (Fsp3) is 0.0870. The van der Waals surface area contributed by atoms with Crippen LogP contribution in [-0.4, -0.2) is 30.2 Å². The maximum atomic E-state index is 12.8. The average Bonchev–Trinajstić information content (AvgIpc) is 3.44. The van der Waals surface area contributed by atoms with E-state index in [0.717, 1.165) is 10.2 Å². The van der Waals surface area contributed by atoms with Gasteiger partial charge in [-0.15, -0.1) is 5.10 Å². The summed E-state index contributed by atoms with van der Waals surface area (Å²) in [6, 6.07) is 20.0. The molecule has 1 N–H and O–H groups in total. The maximum Gasteiger partial charge on any atom is 0.350 e. The normalized spacial score (nSPS) is 11.1. The van der Waals surface area contributed by atoms with Crippen molar-refractivity contribution in [2.75, 3.05) is 0 Å². The molecule has 0 aliphatic heterocycles. The van der Waals surface area contributed by atoms with Crippen LogP contribution in [0.4, 0.5) is 0 Å². The van der Waals surface area contributed by atoms with Crippen molar-refractivity contribution >= 4 is 23.2 Å². The van der Waals surface area contributed by atoms with Gasteiger partial charge in [0.25, 0.3) is 5.89 Å². The number of carbonyl (C=O) groups excluding carboxylic acids is 1. The Bertz CT molecular complexity index is 1510. The zero-order valence-corrected chi connectivity index (χ0v) is 17.9. The van der Waals surface area contributed by atoms with Gasteiger partial charge in [-0.05, 0) is 29.8 Å². The lowest BCUT2D eigenvalue weighted by Gasteiger charge is -2.04. The SMILES string of the molecule is O=C(Cn1nc2c(-c3nc(-c4cccc(Cl)c4)no3)cccn2c1=O)NCc1ccccc1. The van der Waals surface area contributed by atoms with Crippen LogP contribution in [0.1, 0.15) is 5.56 Å². The molecule has 0 aliphatic rings. The monoisotopic (exact) mass is 460 g/mol. The number of fused-ring (bicyclic) bond motifs is 1. The van der Waals surface area contributed by atoms with E-state index < -0.39 is 5.69 Å². The van der Waals surface area contributed by atoms with Crippen molar-refractivity contribution in [3.8, 4) is 22.8 Å². The summed E-state index contributed by atoms with van der Waals surface area (Å²) in [7, 11) is 0. The third kappa shape index (κ3) is 4.26. The molecule has 0 saturated heterocycles. The van der Waals surface area contributed by atoms with E-state index in [2.05, 4.69) is 20.6 Å². The first-order chi connectivity index (χ1) is 16.1. The Hall–Kier alpha value is -4.24. The molecule has 10 heteroatoms. The zero-order chi connectivity index (χ0) is 22.8. The Kier molecular flexibility index (Phi) is 5.45. The van der Waals surface area contributed by atoms with Crippen LogP contribution in [0.25, 0.3) is 28.5 Å². The van der Waals surface area contributed by atoms with E-state index in [-0.39, 0.29) is 18.3 Å². The average molecular weight is 461 g/mol. The molecule has 0 radical (unpaired) electrons. The number of amides is 1. The van der Waals surface area contributed by atoms with Crippen molar-refractivity contribution in [2.24, 2.45) is 0 Å². The highest BCUT2D eigenvalue weighted by atomic mass is 35.5. The molecule has 5 aromatic rings. The molecule has 0 fully saturated rings. The predicted octanol–water partition coefficient (Wildman–Crippen LogP) is 3.18. The van der Waals surface area contributed by atoms with Gasteiger partial charge in [0.05, 0.1) is 5.56 Å². The summed E-state index contributed by atoms with van der Waals surface area (Å²) in [4.78, 5) is 29.6. The lowest BCUT2D eigenvalue weighted by atomic mass is 10.2. The molecular weight excluding hydrogens is 444 g/mol. The van der Waals surface area contributed by atoms with Gasteiger partial charge in [-0.2, -0.15) is 4.98 Å². The Balaban J connectivity index is 1.41. The Morgan fingerprint density at radius 1 is 1.06 bits per heavy atom. The number of benzene rings is 2. The quantitative estimate of drug-likeness (QED) is 0.417. The van der Waals surface area contributed by atoms with Crippen LogP contribution in [0.3, 0.4) is 0 Å². The molecule has 5 rings (SSSR count). The summed E-state index contributed by atoms with van der Waals surface area (Å²) in [5.74, 6) is 0.227. The summed E-state index contributed by atoms with van der Waals surface area (Å²) in [5, 5.41) is 11.7. The van der Waals surface area contributed by atoms with Crippen LogP contribution < -0.4 is 11.0 Å². The van der Waals surface area contributed by atoms with Crippen LogP contribution in [0, 0.1) is 0 Å². The summed E-state index contributed by atoms with van der Waals surface area (Å²) in [6.45, 7) is 0.145. The van der Waals surface area contributed by atoms with Crippen LogP contribution in [0.15, 0.2) is 82.2 Å². The van der Waals surface area contributed by atoms with Gasteiger partial charge in [-0.25, -0.2) is 13.9 Å². The number of carbonyl (C=O) groups is 1. The molecule has 1 amide bonds. The summed E-state index contributed by atoms with van der Waals surface area (Å²) < 4.78 is 7.86. The standard InChI is InChI=1S/C23H17ClN6O3/c24-17-9-4-8-16(12-17)20-26-22(33-28-20)18-10-5-11-29-21(18)27-30(23(29)32)14-19(31)25-13-15-6-2-1-3-7-15/h1-12H,13-14H2,(H,25,31). The molecule has 3 heterocycles. The topological polar surface area (TPSA) is 107 Å². The highest BCUT2D eigenvalue weighted by Gasteiger charge is 2.18. The zero-order valence-electron chi connectivity index (χ0n) is 17.2. The Labute approximate surface area is 192 Å². The number of nitrogens with one attached hydrogen (secondary N) is 1. The van der Waals surface area contributed by atoms with Crippen molar-refractivity contribution < 1.29 is 9.32 Å². The maximum absolute atomic E-state index is 12.8. The van der Waals surface area contributed by atoms with E-state index in [1.54, 1.807) is 36.5 Å². The number of nitrogens with zero attached hydrogens (tertiary/aromatic N) is 5. The van der Waals surface area contributed by atoms with Crippen molar-refractivity contribution in [2.45, 2.75) is 13.1 Å². The van der Waals surface area contributed by atoms with Crippen molar-refractivity contribution in [1.82, 2.24) is 29.6 Å². The molecule has 0 aliphatic carbocycles. The summed E-state index contributed by atoms with van der Waals surface area (Å²) in [5.41, 5.74) is 1.99. The van der Waals surface area contributed by atoms with Crippen LogP contribution in [0.5, 0.6) is 0 Å². The molecule has 33 heavy (non-hydrogen) atoms. The largest absolute Gasteiger partial charge is 0.350 e. The lowest BCUT2D eigenvalue weighted by Crippen LogP contribution is -2.32. The van der Waals surface area contributed by atoms with Crippen molar-refractivity contribution in [3.63, 3.8) is 0 Å². The van der Waals surface area contributed by atoms with Crippen LogP contribution >= 0.6 is 11.6 Å². The molecule has 0 spiro atoms. The molecule has 0 unspecified atom stereocenters. The van der Waals surface area contributed by atoms with Crippen LogP contribution in [0.2, 0.25) is 5.02 Å². The first kappa shape index (κ1) is 20.7. The molecule has 2 aromatic carbocycles. The summed E-state index contributed by atoms with van der Waals surface area (Å²) in [6.07, 6.45) is 1.57. The Morgan fingerprint density at radius 2 is 1.91 bits per heavy atom. The number of hydrogen-bond acceptors (Lipinski definition) is 6. The molecule has 3 aromatic heterocycles. The molecule has 0 atom stereocenters. The van der Waals surface area contributed by atoms with Gasteiger partial charge in [0.1, 0.15) is 6.54 Å². The minimum absolute atomic E-state index is 0.196. The van der Waals surface area contributed by atoms with Gasteiger partial charge in [0, 0.05) is 23.3 Å². The second kappa shape index (κ2) is 8.71. The third-order valence-electron chi connectivity index (χ3n) is 4.97. The first-order valence-corrected chi connectivity index (χ1v) is 10.4. The van der Waals surface area contributed by atoms with Crippen LogP contribution in [-0.2, 0) is 17.9 Å². The van der Waals surface area contributed by atoms with E-state index in [9.17, 15) is 9.59 Å². The fourth-order valence-corrected chi connectivity index (χ4v) is 3.56. The smallest absolute Gasteiger partial charge is 0.350 e. The minimum Gasteiger partial charge on any atom is -0.350 e. The second-order valence-electron chi connectivity index (χ2n) is 7.25. The number of hydrogen-bond donors (Lipinski definition) is 1. The van der Waals surface area contributed by atoms with E-state index in [0.29, 0.717) is 34.2 Å². The second-order valence-corrected chi connectivity index (χ2v) is 7.69. The number of rotatable bonds is 6. The van der Waals surface area contributed by atoms with E-state index in [1.165, 1.54) is 4.40 Å². The lowest BCUT2D eigenvalue weighted by molar-refractivity contribution is -0.122.